The van der Waals surface area contributed by atoms with Gasteiger partial charge in [-0.2, -0.15) is 0 Å². The van der Waals surface area contributed by atoms with Gasteiger partial charge in [-0.15, -0.1) is 0 Å². The van der Waals surface area contributed by atoms with Crippen LogP contribution in [0.2, 0.25) is 0 Å². The van der Waals surface area contributed by atoms with Gasteiger partial charge in [0.1, 0.15) is 6.33 Å². The molecule has 1 heterocycles. The molecule has 0 radical (unpaired) electrons. The minimum absolute atomic E-state index is 0. The van der Waals surface area contributed by atoms with Gasteiger partial charge in [-0.3, -0.25) is 0 Å². The van der Waals surface area contributed by atoms with Crippen molar-refractivity contribution in [3.8, 4) is 0 Å². The van der Waals surface area contributed by atoms with Crippen LogP contribution in [0.5, 0.6) is 0 Å². The van der Waals surface area contributed by atoms with Gasteiger partial charge in [0.05, 0.1) is 0 Å². The maximum absolute atomic E-state index is 9.98. The summed E-state index contributed by atoms with van der Waals surface area (Å²) in [5.41, 5.74) is 0. The number of hydrogen-bond acceptors (Lipinski definition) is 2. The molecular formula is C4H5N2NaO2. The smallest absolute Gasteiger partial charge is 1.00 e. The van der Waals surface area contributed by atoms with Crippen LogP contribution >= 0.6 is 0 Å². The molecule has 0 unspecified atom stereocenters. The summed E-state index contributed by atoms with van der Waals surface area (Å²) in [6.45, 7) is 0. The van der Waals surface area contributed by atoms with E-state index in [1.54, 1.807) is 0 Å². The fourth-order valence-corrected chi connectivity index (χ4v) is 0.372. The molecule has 0 atom stereocenters. The topological polar surface area (TPSA) is 55.1 Å². The average Bonchev–Trinajstić information content (AvgIpc) is 2.12. The molecule has 4 nitrogen and oxygen atoms in total. The van der Waals surface area contributed by atoms with Crippen LogP contribution in [0.1, 0.15) is 1.43 Å². The zero-order valence-corrected chi connectivity index (χ0v) is 6.98. The molecule has 0 spiro atoms. The van der Waals surface area contributed by atoms with Gasteiger partial charge in [0.15, 0.2) is 0 Å². The summed E-state index contributed by atoms with van der Waals surface area (Å²) in [6, 6.07) is 0. The van der Waals surface area contributed by atoms with Crippen molar-refractivity contribution >= 4 is 6.09 Å². The number of carboxylic acid groups (broad SMARTS) is 1. The quantitative estimate of drug-likeness (QED) is 0.402. The minimum atomic E-state index is -1.01. The number of nitrogens with zero attached hydrogens (tertiary/aromatic N) is 2. The zero-order chi connectivity index (χ0) is 5.98. The molecule has 0 aromatic carbocycles. The molecule has 0 aliphatic rings. The molecule has 0 aliphatic carbocycles. The van der Waals surface area contributed by atoms with Crippen molar-refractivity contribution in [1.82, 2.24) is 9.55 Å². The second-order valence-corrected chi connectivity index (χ2v) is 1.25. The number of carbonyl (C=O) groups is 1. The van der Waals surface area contributed by atoms with Crippen LogP contribution in [-0.2, 0) is 0 Å². The van der Waals surface area contributed by atoms with Crippen LogP contribution < -0.4 is 29.6 Å². The van der Waals surface area contributed by atoms with E-state index in [1.165, 1.54) is 18.7 Å². The van der Waals surface area contributed by atoms with E-state index in [4.69, 9.17) is 5.11 Å². The Morgan fingerprint density at radius 2 is 2.44 bits per heavy atom. The summed E-state index contributed by atoms with van der Waals surface area (Å²) in [6.07, 6.45) is 2.99. The maximum Gasteiger partial charge on any atom is 1.00 e. The van der Waals surface area contributed by atoms with E-state index >= 15 is 0 Å². The fraction of sp³-hybridized carbons (Fsp3) is 0. The van der Waals surface area contributed by atoms with E-state index in [0.29, 0.717) is 0 Å². The molecule has 1 N–H and O–H groups in total. The standard InChI is InChI=1S/C4H4N2O2.Na.H/c7-4(8)6-2-1-5-3-6;;/h1-3H,(H,7,8);;/q;+1;-1. The predicted octanol–water partition coefficient (Wildman–Crippen LogP) is -2.47. The minimum Gasteiger partial charge on any atom is -1.00 e. The summed E-state index contributed by atoms with van der Waals surface area (Å²) in [4.78, 5) is 13.5. The molecule has 0 amide bonds. The van der Waals surface area contributed by atoms with Gasteiger partial charge in [0.2, 0.25) is 0 Å². The van der Waals surface area contributed by atoms with Crippen molar-refractivity contribution < 1.29 is 40.9 Å². The Labute approximate surface area is 75.3 Å². The first-order chi connectivity index (χ1) is 3.80. The van der Waals surface area contributed by atoms with Crippen molar-refractivity contribution in [3.05, 3.63) is 18.7 Å². The zero-order valence-electron chi connectivity index (χ0n) is 5.98. The predicted molar refractivity (Wildman–Crippen MR) is 26.8 cm³/mol. The van der Waals surface area contributed by atoms with Crippen LogP contribution in [0.25, 0.3) is 0 Å². The third kappa shape index (κ3) is 2.17. The van der Waals surface area contributed by atoms with Crippen LogP contribution in [-0.4, -0.2) is 20.8 Å². The molecule has 1 rings (SSSR count). The van der Waals surface area contributed by atoms with Crippen molar-refractivity contribution in [3.63, 3.8) is 0 Å². The maximum atomic E-state index is 9.98. The van der Waals surface area contributed by atoms with Gasteiger partial charge in [-0.25, -0.2) is 14.3 Å². The molecule has 1 aromatic heterocycles. The number of aromatic nitrogens is 2. The van der Waals surface area contributed by atoms with E-state index in [0.717, 1.165) is 4.57 Å². The average molecular weight is 136 g/mol. The van der Waals surface area contributed by atoms with Crippen molar-refractivity contribution in [2.75, 3.05) is 0 Å². The van der Waals surface area contributed by atoms with Crippen LogP contribution in [0.4, 0.5) is 4.79 Å². The molecule has 1 aromatic rings. The summed E-state index contributed by atoms with van der Waals surface area (Å²) in [5, 5.41) is 8.20. The first-order valence-corrected chi connectivity index (χ1v) is 2.02. The van der Waals surface area contributed by atoms with Crippen molar-refractivity contribution in [1.29, 1.82) is 0 Å². The van der Waals surface area contributed by atoms with E-state index in [1.807, 2.05) is 0 Å². The van der Waals surface area contributed by atoms with Gasteiger partial charge < -0.3 is 6.53 Å². The first kappa shape index (κ1) is 8.68. The number of rotatable bonds is 0. The fourth-order valence-electron chi connectivity index (χ4n) is 0.372. The normalized spacial score (nSPS) is 8.00. The molecule has 0 saturated carbocycles. The molecule has 0 fully saturated rings. The Hall–Kier alpha value is -0.320. The summed E-state index contributed by atoms with van der Waals surface area (Å²) < 4.78 is 0.972. The van der Waals surface area contributed by atoms with Gasteiger partial charge in [0.25, 0.3) is 0 Å². The van der Waals surface area contributed by atoms with Crippen LogP contribution in [0, 0.1) is 0 Å². The third-order valence-corrected chi connectivity index (χ3v) is 0.725. The van der Waals surface area contributed by atoms with Gasteiger partial charge in [-0.05, 0) is 0 Å². The van der Waals surface area contributed by atoms with E-state index < -0.39 is 6.09 Å². The molecule has 9 heavy (non-hydrogen) atoms. The summed E-state index contributed by atoms with van der Waals surface area (Å²) >= 11 is 0. The second-order valence-electron chi connectivity index (χ2n) is 1.25. The second kappa shape index (κ2) is 3.66. The number of hydrogen-bond donors (Lipinski definition) is 1. The summed E-state index contributed by atoms with van der Waals surface area (Å²) in [7, 11) is 0. The van der Waals surface area contributed by atoms with Gasteiger partial charge in [-0.1, -0.05) is 0 Å². The van der Waals surface area contributed by atoms with E-state index in [9.17, 15) is 4.79 Å². The SMILES string of the molecule is O=C(O)n1ccnc1.[H-].[Na+]. The molecule has 5 heteroatoms. The van der Waals surface area contributed by atoms with Crippen molar-refractivity contribution in [2.45, 2.75) is 0 Å². The Morgan fingerprint density at radius 1 is 1.78 bits per heavy atom. The molecule has 0 bridgehead atoms. The number of imidazole rings is 1. The van der Waals surface area contributed by atoms with Crippen LogP contribution in [0.15, 0.2) is 18.7 Å². The molecule has 44 valence electrons. The molecule has 0 saturated heterocycles. The largest absolute Gasteiger partial charge is 1.00 e. The Balaban J connectivity index is 0. The monoisotopic (exact) mass is 136 g/mol. The van der Waals surface area contributed by atoms with Gasteiger partial charge >= 0.3 is 35.7 Å². The molecule has 0 aliphatic heterocycles. The van der Waals surface area contributed by atoms with E-state index in [-0.39, 0.29) is 31.0 Å². The molecular weight excluding hydrogens is 131 g/mol. The van der Waals surface area contributed by atoms with Gasteiger partial charge in [0, 0.05) is 12.4 Å². The Bertz CT molecular complexity index is 189. The van der Waals surface area contributed by atoms with Crippen molar-refractivity contribution in [2.24, 2.45) is 0 Å². The Morgan fingerprint density at radius 3 is 2.67 bits per heavy atom. The summed E-state index contributed by atoms with van der Waals surface area (Å²) in [5.74, 6) is 0. The first-order valence-electron chi connectivity index (χ1n) is 2.02. The van der Waals surface area contributed by atoms with E-state index in [2.05, 4.69) is 4.98 Å². The Kier molecular flexibility index (Phi) is 3.53. The van der Waals surface area contributed by atoms with Crippen LogP contribution in [0.3, 0.4) is 0 Å². The third-order valence-electron chi connectivity index (χ3n) is 0.725.